The van der Waals surface area contributed by atoms with Crippen LogP contribution in [0.4, 0.5) is 4.79 Å². The van der Waals surface area contributed by atoms with Gasteiger partial charge in [-0.2, -0.15) is 0 Å². The molecule has 0 aliphatic rings. The van der Waals surface area contributed by atoms with Gasteiger partial charge in [-0.15, -0.1) is 0 Å². The second-order valence-electron chi connectivity index (χ2n) is 0.752. The quantitative estimate of drug-likeness (QED) is 0.747. The van der Waals surface area contributed by atoms with Crippen LogP contribution in [0.5, 0.6) is 0 Å². The Morgan fingerprint density at radius 3 is 2.29 bits per heavy atom. The number of primary amides is 1. The van der Waals surface area contributed by atoms with E-state index in [1.807, 2.05) is 0 Å². The average molecular weight is 311 g/mol. The van der Waals surface area contributed by atoms with Crippen molar-refractivity contribution in [2.45, 2.75) is 6.92 Å². The number of amides is 1. The van der Waals surface area contributed by atoms with Crippen molar-refractivity contribution in [2.75, 3.05) is 6.61 Å². The zero-order valence-electron chi connectivity index (χ0n) is 3.95. The van der Waals surface area contributed by atoms with Gasteiger partial charge < -0.3 is 10.5 Å². The molecule has 0 aliphatic heterocycles. The van der Waals surface area contributed by atoms with Crippen molar-refractivity contribution >= 4 is 6.09 Å². The number of hydrogen-bond donors (Lipinski definition) is 1. The van der Waals surface area contributed by atoms with Crippen molar-refractivity contribution in [1.29, 1.82) is 0 Å². The van der Waals surface area contributed by atoms with Gasteiger partial charge in [-0.25, -0.2) is 4.79 Å². The minimum atomic E-state index is -0.711. The Morgan fingerprint density at radius 1 is 1.86 bits per heavy atom. The standard InChI is InChI=1S/C3H7NO2.Rn/c1-2-6-3(4)5;/h2H2,1H3,(H2,4,5);. The smallest absolute Gasteiger partial charge is 0.404 e. The third kappa shape index (κ3) is 11.1. The maximum Gasteiger partial charge on any atom is 0.404 e. The van der Waals surface area contributed by atoms with Crippen molar-refractivity contribution in [3.8, 4) is 0 Å². The van der Waals surface area contributed by atoms with Gasteiger partial charge in [-0.1, -0.05) is 0 Å². The van der Waals surface area contributed by atoms with Gasteiger partial charge in [0.25, 0.3) is 0 Å². The van der Waals surface area contributed by atoms with Crippen LogP contribution in [0.25, 0.3) is 0 Å². The molecule has 0 aliphatic carbocycles. The summed E-state index contributed by atoms with van der Waals surface area (Å²) >= 11 is 0. The molecular weight excluding hydrogens is 304 g/mol. The fourth-order valence-corrected chi connectivity index (χ4v) is 0.142. The van der Waals surface area contributed by atoms with E-state index in [1.54, 1.807) is 6.92 Å². The van der Waals surface area contributed by atoms with E-state index in [4.69, 9.17) is 0 Å². The molecule has 3 nitrogen and oxygen atoms in total. The van der Waals surface area contributed by atoms with E-state index in [0.717, 1.165) is 0 Å². The molecule has 44 valence electrons. The van der Waals surface area contributed by atoms with E-state index in [2.05, 4.69) is 10.5 Å². The molecule has 0 saturated heterocycles. The monoisotopic (exact) mass is 311 g/mol. The molecule has 0 spiro atoms. The topological polar surface area (TPSA) is 52.3 Å². The predicted octanol–water partition coefficient (Wildman–Crippen LogP) is 0.102. The summed E-state index contributed by atoms with van der Waals surface area (Å²) < 4.78 is 4.18. The van der Waals surface area contributed by atoms with Gasteiger partial charge in [0.05, 0.1) is 6.61 Å². The molecule has 0 bridgehead atoms. The molecule has 0 radical (unpaired) electrons. The van der Waals surface area contributed by atoms with E-state index in [9.17, 15) is 4.79 Å². The maximum atomic E-state index is 9.60. The number of rotatable bonds is 1. The van der Waals surface area contributed by atoms with Gasteiger partial charge in [-0.05, 0) is 6.92 Å². The summed E-state index contributed by atoms with van der Waals surface area (Å²) in [5.74, 6) is 0. The van der Waals surface area contributed by atoms with Crippen molar-refractivity contribution in [3.63, 3.8) is 0 Å². The molecule has 0 aromatic heterocycles. The van der Waals surface area contributed by atoms with Crippen molar-refractivity contribution in [1.82, 2.24) is 0 Å². The Balaban J connectivity index is 0. The summed E-state index contributed by atoms with van der Waals surface area (Å²) in [5.41, 5.74) is 4.54. The molecule has 0 unspecified atom stereocenters. The first-order chi connectivity index (χ1) is 2.77. The van der Waals surface area contributed by atoms with Crippen LogP contribution in [-0.2, 0) is 4.74 Å². The molecule has 0 rings (SSSR count). The molecule has 2 N–H and O–H groups in total. The molecule has 0 heterocycles. The SMILES string of the molecule is CCOC(N)=O.[Rn]. The molecule has 0 aromatic rings. The van der Waals surface area contributed by atoms with Crippen molar-refractivity contribution in [3.05, 3.63) is 0 Å². The Labute approximate surface area is 104 Å². The first kappa shape index (κ1) is 11.2. The third-order valence-electron chi connectivity index (χ3n) is 0.287. The van der Waals surface area contributed by atoms with Crippen LogP contribution in [-0.4, -0.2) is 12.7 Å². The third-order valence-corrected chi connectivity index (χ3v) is 0.287. The molecule has 1 amide bonds. The van der Waals surface area contributed by atoms with E-state index < -0.39 is 6.09 Å². The fraction of sp³-hybridized carbons (Fsp3) is 0.667. The van der Waals surface area contributed by atoms with Crippen LogP contribution in [0.1, 0.15) is 6.92 Å². The van der Waals surface area contributed by atoms with E-state index in [1.165, 1.54) is 0 Å². The first-order valence-electron chi connectivity index (χ1n) is 1.69. The van der Waals surface area contributed by atoms with Crippen LogP contribution in [0.2, 0.25) is 0 Å². The summed E-state index contributed by atoms with van der Waals surface area (Å²) in [5, 5.41) is 0. The summed E-state index contributed by atoms with van der Waals surface area (Å²) in [4.78, 5) is 9.60. The van der Waals surface area contributed by atoms with Gasteiger partial charge in [-0.3, -0.25) is 0 Å². The fourth-order valence-electron chi connectivity index (χ4n) is 0.142. The molecule has 0 atom stereocenters. The Morgan fingerprint density at radius 2 is 2.29 bits per heavy atom. The van der Waals surface area contributed by atoms with E-state index in [0.29, 0.717) is 6.61 Å². The van der Waals surface area contributed by atoms with Gasteiger partial charge in [0, 0.05) is 71.9 Å². The van der Waals surface area contributed by atoms with Gasteiger partial charge in [0.1, 0.15) is 0 Å². The average Bonchev–Trinajstić information content (AvgIpc) is 1.35. The van der Waals surface area contributed by atoms with Gasteiger partial charge in [0.2, 0.25) is 0 Å². The Kier molecular flexibility index (Phi) is 11.8. The van der Waals surface area contributed by atoms with Gasteiger partial charge in [0.15, 0.2) is 0 Å². The summed E-state index contributed by atoms with van der Waals surface area (Å²) in [6, 6.07) is 0. The van der Waals surface area contributed by atoms with Crippen LogP contribution >= 0.6 is 0 Å². The Bertz CT molecular complexity index is 56.9. The summed E-state index contributed by atoms with van der Waals surface area (Å²) in [6.45, 7) is 2.06. The molecule has 0 fully saturated rings. The van der Waals surface area contributed by atoms with Crippen LogP contribution in [0.3, 0.4) is 0 Å². The molecule has 0 saturated carbocycles. The molecule has 4 heteroatoms. The number of ether oxygens (including phenoxy) is 1. The second kappa shape index (κ2) is 7.39. The minimum Gasteiger partial charge on any atom is -0.450 e. The number of nitrogens with two attached hydrogens (primary N) is 1. The van der Waals surface area contributed by atoms with Crippen molar-refractivity contribution in [2.24, 2.45) is 5.73 Å². The van der Waals surface area contributed by atoms with E-state index >= 15 is 0 Å². The molecule has 7 heavy (non-hydrogen) atoms. The first-order valence-corrected chi connectivity index (χ1v) is 1.69. The second-order valence-corrected chi connectivity index (χ2v) is 0.752. The zero-order valence-corrected chi connectivity index (χ0v) is 6.70. The number of carbonyl (C=O) groups excluding carboxylic acids is 1. The van der Waals surface area contributed by atoms with Crippen LogP contribution < -0.4 is 5.73 Å². The van der Waals surface area contributed by atoms with Crippen LogP contribution in [0, 0.1) is 71.9 Å². The number of carbonyl (C=O) groups is 1. The molecule has 0 aromatic carbocycles. The number of hydrogen-bond acceptors (Lipinski definition) is 2. The largest absolute Gasteiger partial charge is 0.450 e. The molecular formula is C3H7NO2Rn. The normalized spacial score (nSPS) is 6.43. The minimum absolute atomic E-state index is 0. The van der Waals surface area contributed by atoms with Crippen LogP contribution in [0.15, 0.2) is 0 Å². The van der Waals surface area contributed by atoms with E-state index in [-0.39, 0.29) is 71.9 Å². The summed E-state index contributed by atoms with van der Waals surface area (Å²) in [7, 11) is 0. The maximum absolute atomic E-state index is 9.60. The van der Waals surface area contributed by atoms with Crippen molar-refractivity contribution < 1.29 is 81.4 Å². The Hall–Kier alpha value is 1.39. The zero-order chi connectivity index (χ0) is 4.99. The summed E-state index contributed by atoms with van der Waals surface area (Å²) in [6.07, 6.45) is -0.711. The van der Waals surface area contributed by atoms with Gasteiger partial charge >= 0.3 is 6.09 Å². The predicted molar refractivity (Wildman–Crippen MR) is 21.2 cm³/mol.